The highest BCUT2D eigenvalue weighted by molar-refractivity contribution is 5.97. The molecular formula is C27H30N8O. The Kier molecular flexibility index (Phi) is 5.47. The van der Waals surface area contributed by atoms with Crippen LogP contribution in [-0.4, -0.2) is 49.9 Å². The van der Waals surface area contributed by atoms with Gasteiger partial charge in [-0.3, -0.25) is 14.5 Å². The number of fused-ring (bicyclic) bond motifs is 2. The van der Waals surface area contributed by atoms with Gasteiger partial charge in [-0.25, -0.2) is 4.98 Å². The van der Waals surface area contributed by atoms with Gasteiger partial charge in [0.15, 0.2) is 0 Å². The zero-order chi connectivity index (χ0) is 24.8. The third kappa shape index (κ3) is 3.80. The van der Waals surface area contributed by atoms with E-state index in [1.54, 1.807) is 10.9 Å². The van der Waals surface area contributed by atoms with Gasteiger partial charge in [0.05, 0.1) is 34.0 Å². The Bertz CT molecular complexity index is 1590. The molecule has 1 unspecified atom stereocenters. The molecule has 0 spiro atoms. The molecule has 5 aromatic rings. The monoisotopic (exact) mass is 482 g/mol. The molecule has 0 radical (unpaired) electrons. The van der Waals surface area contributed by atoms with E-state index in [-0.39, 0.29) is 11.6 Å². The molecule has 4 aromatic heterocycles. The van der Waals surface area contributed by atoms with Crippen LogP contribution < -0.4 is 15.4 Å². The maximum Gasteiger partial charge on any atom is 0.261 e. The molecule has 0 bridgehead atoms. The van der Waals surface area contributed by atoms with Crippen molar-refractivity contribution in [2.45, 2.75) is 32.2 Å². The van der Waals surface area contributed by atoms with Gasteiger partial charge < -0.3 is 19.8 Å². The molecule has 6 rings (SSSR count). The third-order valence-corrected chi connectivity index (χ3v) is 7.24. The predicted molar refractivity (Wildman–Crippen MR) is 144 cm³/mol. The quantitative estimate of drug-likeness (QED) is 0.386. The summed E-state index contributed by atoms with van der Waals surface area (Å²) in [6.07, 6.45) is 7.34. The number of aromatic nitrogens is 6. The molecule has 9 nitrogen and oxygen atoms in total. The fourth-order valence-electron chi connectivity index (χ4n) is 5.21. The van der Waals surface area contributed by atoms with Crippen molar-refractivity contribution >= 4 is 33.4 Å². The summed E-state index contributed by atoms with van der Waals surface area (Å²) in [5.41, 5.74) is 6.24. The summed E-state index contributed by atoms with van der Waals surface area (Å²) in [6.45, 7) is 4.22. The van der Waals surface area contributed by atoms with Crippen LogP contribution in [0.5, 0.6) is 0 Å². The molecule has 184 valence electrons. The van der Waals surface area contributed by atoms with Crippen molar-refractivity contribution in [2.75, 3.05) is 29.9 Å². The maximum absolute atomic E-state index is 13.5. The first-order valence-electron chi connectivity index (χ1n) is 12.5. The molecule has 0 aliphatic carbocycles. The summed E-state index contributed by atoms with van der Waals surface area (Å²) in [4.78, 5) is 33.8. The number of anilines is 2. The van der Waals surface area contributed by atoms with Crippen molar-refractivity contribution in [1.29, 1.82) is 0 Å². The number of imidazole rings is 1. The molecule has 1 aliphatic rings. The highest BCUT2D eigenvalue weighted by Crippen LogP contribution is 2.36. The van der Waals surface area contributed by atoms with E-state index in [1.165, 1.54) is 24.9 Å². The standard InChI is InChI=1S/C27H30N8O/c1-17(19-9-5-6-12-28-19)34(3)25-23(27(36)31-22-16-33(2)32-24(22)25)26-29-20-11-10-18(15-21(20)30-26)35-13-7-4-8-14-35/h5-6,9-12,15-17H,4,7-8,13-14H2,1-3H3,(H,29,30)(H,31,36). The molecule has 1 atom stereocenters. The van der Waals surface area contributed by atoms with Crippen LogP contribution in [0.4, 0.5) is 11.4 Å². The van der Waals surface area contributed by atoms with Gasteiger partial charge in [0.1, 0.15) is 16.9 Å². The lowest BCUT2D eigenvalue weighted by Gasteiger charge is -2.28. The second-order valence-electron chi connectivity index (χ2n) is 9.62. The normalized spacial score (nSPS) is 15.0. The molecular weight excluding hydrogens is 452 g/mol. The van der Waals surface area contributed by atoms with E-state index in [9.17, 15) is 4.79 Å². The number of nitrogens with zero attached hydrogens (tertiary/aromatic N) is 6. The van der Waals surface area contributed by atoms with Gasteiger partial charge in [0, 0.05) is 45.3 Å². The van der Waals surface area contributed by atoms with Gasteiger partial charge in [0.25, 0.3) is 5.56 Å². The minimum absolute atomic E-state index is 0.0907. The number of aryl methyl sites for hydroxylation is 1. The summed E-state index contributed by atoms with van der Waals surface area (Å²) < 4.78 is 1.72. The molecule has 0 saturated carbocycles. The number of hydrogen-bond acceptors (Lipinski definition) is 6. The van der Waals surface area contributed by atoms with Crippen LogP contribution in [0.15, 0.2) is 53.6 Å². The Morgan fingerprint density at radius 2 is 1.89 bits per heavy atom. The van der Waals surface area contributed by atoms with Gasteiger partial charge in [-0.2, -0.15) is 5.10 Å². The first-order chi connectivity index (χ1) is 17.5. The lowest BCUT2D eigenvalue weighted by molar-refractivity contribution is 0.578. The zero-order valence-corrected chi connectivity index (χ0v) is 20.8. The summed E-state index contributed by atoms with van der Waals surface area (Å²) in [5.74, 6) is 0.532. The van der Waals surface area contributed by atoms with Crippen LogP contribution in [0.1, 0.15) is 37.9 Å². The van der Waals surface area contributed by atoms with Crippen LogP contribution in [0.2, 0.25) is 0 Å². The van der Waals surface area contributed by atoms with Crippen LogP contribution in [0, 0.1) is 0 Å². The van der Waals surface area contributed by atoms with E-state index < -0.39 is 0 Å². The van der Waals surface area contributed by atoms with Crippen LogP contribution in [-0.2, 0) is 7.05 Å². The topological polar surface area (TPSA) is 98.7 Å². The molecule has 2 N–H and O–H groups in total. The maximum atomic E-state index is 13.5. The van der Waals surface area contributed by atoms with Crippen molar-refractivity contribution < 1.29 is 0 Å². The number of pyridine rings is 2. The SMILES string of the molecule is CC(c1ccccn1)N(C)c1c(-c2nc3ccc(N4CCCCC4)cc3[nH]2)c(=O)[nH]c2cn(C)nc12. The summed E-state index contributed by atoms with van der Waals surface area (Å²) in [6, 6.07) is 12.1. The van der Waals surface area contributed by atoms with Crippen LogP contribution in [0.3, 0.4) is 0 Å². The molecule has 36 heavy (non-hydrogen) atoms. The molecule has 1 fully saturated rings. The number of piperidine rings is 1. The largest absolute Gasteiger partial charge is 0.371 e. The molecule has 0 amide bonds. The summed E-state index contributed by atoms with van der Waals surface area (Å²) in [7, 11) is 3.83. The average molecular weight is 483 g/mol. The number of benzene rings is 1. The first-order valence-corrected chi connectivity index (χ1v) is 12.5. The molecule has 1 saturated heterocycles. The van der Waals surface area contributed by atoms with Gasteiger partial charge in [0.2, 0.25) is 0 Å². The summed E-state index contributed by atoms with van der Waals surface area (Å²) >= 11 is 0. The highest BCUT2D eigenvalue weighted by Gasteiger charge is 2.26. The number of H-pyrrole nitrogens is 2. The number of rotatable bonds is 5. The van der Waals surface area contributed by atoms with Crippen molar-refractivity contribution in [1.82, 2.24) is 29.7 Å². The lowest BCUT2D eigenvalue weighted by Crippen LogP contribution is -2.29. The van der Waals surface area contributed by atoms with E-state index in [1.807, 2.05) is 44.6 Å². The van der Waals surface area contributed by atoms with Gasteiger partial charge in [-0.15, -0.1) is 0 Å². The molecule has 1 aromatic carbocycles. The van der Waals surface area contributed by atoms with E-state index in [0.29, 0.717) is 22.4 Å². The first kappa shape index (κ1) is 22.3. The molecule has 1 aliphatic heterocycles. The number of nitrogens with one attached hydrogen (secondary N) is 2. The van der Waals surface area contributed by atoms with Crippen molar-refractivity contribution in [3.63, 3.8) is 0 Å². The minimum Gasteiger partial charge on any atom is -0.371 e. The van der Waals surface area contributed by atoms with Crippen LogP contribution >= 0.6 is 0 Å². The minimum atomic E-state index is -0.208. The summed E-state index contributed by atoms with van der Waals surface area (Å²) in [5, 5.41) is 4.70. The Balaban J connectivity index is 1.51. The fraction of sp³-hybridized carbons (Fsp3) is 0.333. The lowest BCUT2D eigenvalue weighted by atomic mass is 10.1. The van der Waals surface area contributed by atoms with E-state index in [2.05, 4.69) is 43.8 Å². The highest BCUT2D eigenvalue weighted by atomic mass is 16.1. The van der Waals surface area contributed by atoms with Crippen LogP contribution in [0.25, 0.3) is 33.5 Å². The fourth-order valence-corrected chi connectivity index (χ4v) is 5.21. The molecule has 5 heterocycles. The Morgan fingerprint density at radius 3 is 2.67 bits per heavy atom. The Hall–Kier alpha value is -4.14. The third-order valence-electron chi connectivity index (χ3n) is 7.24. The van der Waals surface area contributed by atoms with Crippen molar-refractivity contribution in [2.24, 2.45) is 7.05 Å². The van der Waals surface area contributed by atoms with Gasteiger partial charge in [-0.05, 0) is 56.5 Å². The number of hydrogen-bond donors (Lipinski definition) is 2. The Morgan fingerprint density at radius 1 is 1.06 bits per heavy atom. The van der Waals surface area contributed by atoms with Gasteiger partial charge >= 0.3 is 0 Å². The van der Waals surface area contributed by atoms with Crippen molar-refractivity contribution in [3.05, 3.63) is 64.8 Å². The Labute approximate surface area is 208 Å². The van der Waals surface area contributed by atoms with E-state index in [4.69, 9.17) is 10.1 Å². The number of aromatic amines is 2. The molecule has 9 heteroatoms. The predicted octanol–water partition coefficient (Wildman–Crippen LogP) is 4.39. The zero-order valence-electron chi connectivity index (χ0n) is 20.8. The van der Waals surface area contributed by atoms with Crippen molar-refractivity contribution in [3.8, 4) is 11.4 Å². The van der Waals surface area contributed by atoms with E-state index in [0.717, 1.165) is 35.5 Å². The average Bonchev–Trinajstić information content (AvgIpc) is 3.49. The second kappa shape index (κ2) is 8.82. The van der Waals surface area contributed by atoms with E-state index >= 15 is 0 Å². The second-order valence-corrected chi connectivity index (χ2v) is 9.62. The smallest absolute Gasteiger partial charge is 0.261 e. The van der Waals surface area contributed by atoms with Gasteiger partial charge in [-0.1, -0.05) is 6.07 Å².